The van der Waals surface area contributed by atoms with Crippen LogP contribution in [0.15, 0.2) is 24.3 Å². The van der Waals surface area contributed by atoms with Gasteiger partial charge in [0.15, 0.2) is 11.5 Å². The smallest absolute Gasteiger partial charge is 0.162 e. The lowest BCUT2D eigenvalue weighted by Crippen LogP contribution is -2.15. The first-order valence-electron chi connectivity index (χ1n) is 6.58. The van der Waals surface area contributed by atoms with E-state index in [4.69, 9.17) is 21.1 Å². The molecule has 1 aromatic carbocycles. The normalized spacial score (nSPS) is 13.6. The van der Waals surface area contributed by atoms with Crippen LogP contribution in [0.4, 0.5) is 0 Å². The Balaban J connectivity index is 2.04. The van der Waals surface area contributed by atoms with Crippen molar-refractivity contribution in [1.82, 2.24) is 9.97 Å². The average Bonchev–Trinajstić information content (AvgIpc) is 2.46. The van der Waals surface area contributed by atoms with Crippen LogP contribution in [0.2, 0.25) is 5.15 Å². The van der Waals surface area contributed by atoms with Gasteiger partial charge in [0.05, 0.1) is 5.69 Å². The minimum absolute atomic E-state index is 0.227. The molecule has 0 spiro atoms. The molecule has 2 aromatic rings. The lowest BCUT2D eigenvalue weighted by molar-refractivity contribution is 0.171. The number of halogens is 1. The van der Waals surface area contributed by atoms with Crippen LogP contribution in [0.5, 0.6) is 11.5 Å². The van der Waals surface area contributed by atoms with Gasteiger partial charge in [-0.15, -0.1) is 0 Å². The number of hydrogen-bond donors (Lipinski definition) is 0. The molecule has 1 aromatic heterocycles. The van der Waals surface area contributed by atoms with Crippen LogP contribution in [-0.4, -0.2) is 23.2 Å². The summed E-state index contributed by atoms with van der Waals surface area (Å²) in [5, 5.41) is 0.452. The monoisotopic (exact) mass is 290 g/mol. The molecule has 0 unspecified atom stereocenters. The van der Waals surface area contributed by atoms with Crippen molar-refractivity contribution in [3.63, 3.8) is 0 Å². The van der Waals surface area contributed by atoms with E-state index in [1.807, 2.05) is 32.0 Å². The molecule has 0 amide bonds. The predicted molar refractivity (Wildman–Crippen MR) is 77.6 cm³/mol. The van der Waals surface area contributed by atoms with Crippen molar-refractivity contribution < 1.29 is 9.47 Å². The van der Waals surface area contributed by atoms with Gasteiger partial charge in [-0.3, -0.25) is 0 Å². The van der Waals surface area contributed by atoms with Crippen molar-refractivity contribution in [1.29, 1.82) is 0 Å². The van der Waals surface area contributed by atoms with Gasteiger partial charge in [0.1, 0.15) is 24.2 Å². The van der Waals surface area contributed by atoms with Crippen molar-refractivity contribution in [2.75, 3.05) is 13.2 Å². The molecule has 0 bridgehead atoms. The number of ether oxygens (including phenoxy) is 2. The maximum Gasteiger partial charge on any atom is 0.162 e. The third kappa shape index (κ3) is 2.56. The first-order valence-corrected chi connectivity index (χ1v) is 6.96. The molecule has 0 saturated heterocycles. The summed E-state index contributed by atoms with van der Waals surface area (Å²) in [7, 11) is 0. The zero-order valence-corrected chi connectivity index (χ0v) is 12.1. The van der Waals surface area contributed by atoms with Crippen molar-refractivity contribution >= 4 is 11.6 Å². The molecule has 5 heteroatoms. The number of benzene rings is 1. The first kappa shape index (κ1) is 13.2. The summed E-state index contributed by atoms with van der Waals surface area (Å²) in [6.07, 6.45) is 0. The van der Waals surface area contributed by atoms with Crippen LogP contribution in [0.25, 0.3) is 11.3 Å². The molecular formula is C15H15ClN2O2. The molecule has 0 N–H and O–H groups in total. The Kier molecular flexibility index (Phi) is 3.49. The number of hydrogen-bond acceptors (Lipinski definition) is 4. The highest BCUT2D eigenvalue weighted by molar-refractivity contribution is 6.29. The summed E-state index contributed by atoms with van der Waals surface area (Å²) < 4.78 is 11.1. The Hall–Kier alpha value is -1.81. The summed E-state index contributed by atoms with van der Waals surface area (Å²) in [6.45, 7) is 5.24. The lowest BCUT2D eigenvalue weighted by atomic mass is 10.1. The molecule has 20 heavy (non-hydrogen) atoms. The van der Waals surface area contributed by atoms with Gasteiger partial charge in [-0.25, -0.2) is 9.97 Å². The quantitative estimate of drug-likeness (QED) is 0.791. The topological polar surface area (TPSA) is 44.2 Å². The standard InChI is InChI=1S/C15H15ClN2O2/c1-9(2)15-17-11(8-14(16)18-15)10-3-4-12-13(7-10)20-6-5-19-12/h3-4,7-9H,5-6H2,1-2H3. The maximum atomic E-state index is 6.08. The van der Waals surface area contributed by atoms with Crippen LogP contribution in [0.3, 0.4) is 0 Å². The minimum Gasteiger partial charge on any atom is -0.486 e. The highest BCUT2D eigenvalue weighted by Gasteiger charge is 2.14. The van der Waals surface area contributed by atoms with E-state index >= 15 is 0 Å². The van der Waals surface area contributed by atoms with Gasteiger partial charge in [0, 0.05) is 17.5 Å². The van der Waals surface area contributed by atoms with Gasteiger partial charge in [-0.05, 0) is 18.2 Å². The zero-order valence-electron chi connectivity index (χ0n) is 11.4. The Morgan fingerprint density at radius 3 is 2.55 bits per heavy atom. The lowest BCUT2D eigenvalue weighted by Gasteiger charge is -2.19. The average molecular weight is 291 g/mol. The number of rotatable bonds is 2. The van der Waals surface area contributed by atoms with Gasteiger partial charge >= 0.3 is 0 Å². The van der Waals surface area contributed by atoms with Gasteiger partial charge < -0.3 is 9.47 Å². The van der Waals surface area contributed by atoms with E-state index in [1.54, 1.807) is 6.07 Å². The fourth-order valence-corrected chi connectivity index (χ4v) is 2.23. The summed E-state index contributed by atoms with van der Waals surface area (Å²) in [6, 6.07) is 7.54. The molecule has 3 rings (SSSR count). The van der Waals surface area contributed by atoms with E-state index in [9.17, 15) is 0 Å². The summed E-state index contributed by atoms with van der Waals surface area (Å²) in [4.78, 5) is 8.81. The van der Waals surface area contributed by atoms with E-state index in [-0.39, 0.29) is 5.92 Å². The number of nitrogens with zero attached hydrogens (tertiary/aromatic N) is 2. The Morgan fingerprint density at radius 2 is 1.80 bits per heavy atom. The molecule has 104 valence electrons. The van der Waals surface area contributed by atoms with Crippen molar-refractivity contribution in [2.24, 2.45) is 0 Å². The minimum atomic E-state index is 0.227. The van der Waals surface area contributed by atoms with E-state index in [2.05, 4.69) is 9.97 Å². The Bertz CT molecular complexity index is 644. The van der Waals surface area contributed by atoms with E-state index in [0.717, 1.165) is 28.6 Å². The summed E-state index contributed by atoms with van der Waals surface area (Å²) >= 11 is 6.08. The molecule has 4 nitrogen and oxygen atoms in total. The van der Waals surface area contributed by atoms with E-state index in [0.29, 0.717) is 18.4 Å². The van der Waals surface area contributed by atoms with Crippen LogP contribution in [0.1, 0.15) is 25.6 Å². The number of aromatic nitrogens is 2. The van der Waals surface area contributed by atoms with Gasteiger partial charge in [-0.1, -0.05) is 25.4 Å². The maximum absolute atomic E-state index is 6.08. The fraction of sp³-hybridized carbons (Fsp3) is 0.333. The molecule has 0 atom stereocenters. The second-order valence-electron chi connectivity index (χ2n) is 4.95. The van der Waals surface area contributed by atoms with Gasteiger partial charge in [0.25, 0.3) is 0 Å². The second kappa shape index (κ2) is 5.29. The molecule has 0 fully saturated rings. The molecule has 0 aliphatic carbocycles. The Labute approximate surface area is 122 Å². The SMILES string of the molecule is CC(C)c1nc(Cl)cc(-c2ccc3c(c2)OCCO3)n1. The Morgan fingerprint density at radius 1 is 1.05 bits per heavy atom. The third-order valence-corrected chi connectivity index (χ3v) is 3.26. The largest absolute Gasteiger partial charge is 0.486 e. The molecule has 0 radical (unpaired) electrons. The van der Waals surface area contributed by atoms with Crippen LogP contribution >= 0.6 is 11.6 Å². The van der Waals surface area contributed by atoms with Gasteiger partial charge in [-0.2, -0.15) is 0 Å². The van der Waals surface area contributed by atoms with Crippen molar-refractivity contribution in [3.8, 4) is 22.8 Å². The fourth-order valence-electron chi connectivity index (χ4n) is 2.04. The second-order valence-corrected chi connectivity index (χ2v) is 5.33. The van der Waals surface area contributed by atoms with Crippen LogP contribution in [0, 0.1) is 0 Å². The molecule has 2 heterocycles. The van der Waals surface area contributed by atoms with Crippen molar-refractivity contribution in [3.05, 3.63) is 35.2 Å². The van der Waals surface area contributed by atoms with E-state index < -0.39 is 0 Å². The highest BCUT2D eigenvalue weighted by Crippen LogP contribution is 2.34. The summed E-state index contributed by atoms with van der Waals surface area (Å²) in [5.41, 5.74) is 1.74. The van der Waals surface area contributed by atoms with Crippen LogP contribution in [-0.2, 0) is 0 Å². The van der Waals surface area contributed by atoms with Gasteiger partial charge in [0.2, 0.25) is 0 Å². The zero-order chi connectivity index (χ0) is 14.1. The molecule has 1 aliphatic rings. The molecule has 1 aliphatic heterocycles. The van der Waals surface area contributed by atoms with Crippen molar-refractivity contribution in [2.45, 2.75) is 19.8 Å². The van der Waals surface area contributed by atoms with E-state index in [1.165, 1.54) is 0 Å². The molecule has 0 saturated carbocycles. The highest BCUT2D eigenvalue weighted by atomic mass is 35.5. The molecular weight excluding hydrogens is 276 g/mol. The van der Waals surface area contributed by atoms with Crippen LogP contribution < -0.4 is 9.47 Å². The predicted octanol–water partition coefficient (Wildman–Crippen LogP) is 3.69. The third-order valence-electron chi connectivity index (χ3n) is 3.07. The number of fused-ring (bicyclic) bond motifs is 1. The summed E-state index contributed by atoms with van der Waals surface area (Å²) in [5.74, 6) is 2.48. The first-order chi connectivity index (χ1) is 9.63.